The lowest BCUT2D eigenvalue weighted by Crippen LogP contribution is -2.22. The number of anilines is 1. The van der Waals surface area contributed by atoms with Gasteiger partial charge < -0.3 is 14.8 Å². The molecule has 0 fully saturated rings. The molecular weight excluding hydrogens is 202 g/mol. The van der Waals surface area contributed by atoms with Crippen LogP contribution in [0.5, 0.6) is 5.75 Å². The fourth-order valence-electron chi connectivity index (χ4n) is 1.74. The summed E-state index contributed by atoms with van der Waals surface area (Å²) >= 11 is 0. The van der Waals surface area contributed by atoms with Crippen molar-refractivity contribution >= 4 is 5.69 Å². The third-order valence-electron chi connectivity index (χ3n) is 2.52. The SMILES string of the molecule is CCc1cccc(OC)c1NC(C)COC. The maximum Gasteiger partial charge on any atom is 0.142 e. The van der Waals surface area contributed by atoms with Crippen molar-refractivity contribution in [3.63, 3.8) is 0 Å². The molecule has 1 N–H and O–H groups in total. The Balaban J connectivity index is 2.90. The first-order chi connectivity index (χ1) is 7.72. The summed E-state index contributed by atoms with van der Waals surface area (Å²) in [5.41, 5.74) is 2.35. The fourth-order valence-corrected chi connectivity index (χ4v) is 1.74. The second-order valence-electron chi connectivity index (χ2n) is 3.85. The smallest absolute Gasteiger partial charge is 0.142 e. The molecule has 1 aromatic carbocycles. The molecule has 3 nitrogen and oxygen atoms in total. The molecule has 1 aromatic rings. The molecule has 1 atom stereocenters. The lowest BCUT2D eigenvalue weighted by Gasteiger charge is -2.19. The van der Waals surface area contributed by atoms with Gasteiger partial charge in [0.2, 0.25) is 0 Å². The molecule has 0 saturated carbocycles. The van der Waals surface area contributed by atoms with E-state index in [4.69, 9.17) is 9.47 Å². The van der Waals surface area contributed by atoms with Crippen molar-refractivity contribution in [2.24, 2.45) is 0 Å². The largest absolute Gasteiger partial charge is 0.495 e. The molecule has 1 unspecified atom stereocenters. The highest BCUT2D eigenvalue weighted by Crippen LogP contribution is 2.29. The Hall–Kier alpha value is -1.22. The van der Waals surface area contributed by atoms with E-state index < -0.39 is 0 Å². The van der Waals surface area contributed by atoms with Crippen LogP contribution in [0.25, 0.3) is 0 Å². The molecule has 0 aliphatic heterocycles. The van der Waals surface area contributed by atoms with Crippen LogP contribution in [-0.2, 0) is 11.2 Å². The molecule has 0 bridgehead atoms. The normalized spacial score (nSPS) is 12.2. The van der Waals surface area contributed by atoms with Crippen molar-refractivity contribution in [2.45, 2.75) is 26.3 Å². The zero-order valence-corrected chi connectivity index (χ0v) is 10.5. The number of ether oxygens (including phenoxy) is 2. The molecule has 0 heterocycles. The van der Waals surface area contributed by atoms with Crippen molar-refractivity contribution in [2.75, 3.05) is 26.1 Å². The Morgan fingerprint density at radius 2 is 2.06 bits per heavy atom. The molecule has 0 aliphatic carbocycles. The van der Waals surface area contributed by atoms with Gasteiger partial charge in [-0.15, -0.1) is 0 Å². The van der Waals surface area contributed by atoms with Gasteiger partial charge in [-0.3, -0.25) is 0 Å². The van der Waals surface area contributed by atoms with Crippen LogP contribution in [0.3, 0.4) is 0 Å². The Morgan fingerprint density at radius 3 is 2.62 bits per heavy atom. The van der Waals surface area contributed by atoms with E-state index >= 15 is 0 Å². The van der Waals surface area contributed by atoms with Crippen LogP contribution in [0, 0.1) is 0 Å². The first-order valence-corrected chi connectivity index (χ1v) is 5.64. The van der Waals surface area contributed by atoms with Crippen molar-refractivity contribution in [1.29, 1.82) is 0 Å². The number of methoxy groups -OCH3 is 2. The van der Waals surface area contributed by atoms with Gasteiger partial charge in [0.25, 0.3) is 0 Å². The molecule has 16 heavy (non-hydrogen) atoms. The summed E-state index contributed by atoms with van der Waals surface area (Å²) in [5.74, 6) is 0.891. The van der Waals surface area contributed by atoms with E-state index in [1.165, 1.54) is 5.56 Å². The van der Waals surface area contributed by atoms with Gasteiger partial charge in [0, 0.05) is 13.2 Å². The van der Waals surface area contributed by atoms with Crippen LogP contribution in [-0.4, -0.2) is 26.9 Å². The van der Waals surface area contributed by atoms with Crippen molar-refractivity contribution in [3.8, 4) is 5.75 Å². The average molecular weight is 223 g/mol. The highest BCUT2D eigenvalue weighted by molar-refractivity contribution is 5.62. The van der Waals surface area contributed by atoms with E-state index in [1.807, 2.05) is 12.1 Å². The van der Waals surface area contributed by atoms with Crippen LogP contribution in [0.1, 0.15) is 19.4 Å². The third-order valence-corrected chi connectivity index (χ3v) is 2.52. The zero-order chi connectivity index (χ0) is 12.0. The van der Waals surface area contributed by atoms with Crippen molar-refractivity contribution < 1.29 is 9.47 Å². The highest BCUT2D eigenvalue weighted by atomic mass is 16.5. The summed E-state index contributed by atoms with van der Waals surface area (Å²) in [5, 5.41) is 3.43. The van der Waals surface area contributed by atoms with Crippen LogP contribution in [0.15, 0.2) is 18.2 Å². The Labute approximate surface area is 97.8 Å². The van der Waals surface area contributed by atoms with Gasteiger partial charge in [0.15, 0.2) is 0 Å². The summed E-state index contributed by atoms with van der Waals surface area (Å²) in [7, 11) is 3.40. The molecule has 0 radical (unpaired) electrons. The van der Waals surface area contributed by atoms with E-state index in [2.05, 4.69) is 25.2 Å². The summed E-state index contributed by atoms with van der Waals surface area (Å²) in [4.78, 5) is 0. The second-order valence-corrected chi connectivity index (χ2v) is 3.85. The molecule has 0 amide bonds. The lowest BCUT2D eigenvalue weighted by atomic mass is 10.1. The van der Waals surface area contributed by atoms with Crippen LogP contribution in [0.4, 0.5) is 5.69 Å². The summed E-state index contributed by atoms with van der Waals surface area (Å²) < 4.78 is 10.5. The number of rotatable bonds is 6. The van der Waals surface area contributed by atoms with Crippen LogP contribution < -0.4 is 10.1 Å². The molecule has 0 saturated heterocycles. The number of aryl methyl sites for hydroxylation is 1. The van der Waals surface area contributed by atoms with Gasteiger partial charge in [-0.1, -0.05) is 19.1 Å². The molecule has 1 rings (SSSR count). The predicted molar refractivity (Wildman–Crippen MR) is 67.3 cm³/mol. The lowest BCUT2D eigenvalue weighted by molar-refractivity contribution is 0.190. The molecular formula is C13H21NO2. The molecule has 3 heteroatoms. The summed E-state index contributed by atoms with van der Waals surface area (Å²) in [6, 6.07) is 6.38. The molecule has 0 spiro atoms. The Bertz CT molecular complexity index is 303. The quantitative estimate of drug-likeness (QED) is 0.804. The van der Waals surface area contributed by atoms with Gasteiger partial charge in [-0.05, 0) is 25.0 Å². The first kappa shape index (κ1) is 12.8. The standard InChI is InChI=1S/C13H21NO2/c1-5-11-7-6-8-12(16-4)13(11)14-10(2)9-15-3/h6-8,10,14H,5,9H2,1-4H3. The van der Waals surface area contributed by atoms with E-state index in [1.54, 1.807) is 14.2 Å². The average Bonchev–Trinajstić information content (AvgIpc) is 2.29. The number of hydrogen-bond acceptors (Lipinski definition) is 3. The first-order valence-electron chi connectivity index (χ1n) is 5.64. The van der Waals surface area contributed by atoms with Gasteiger partial charge >= 0.3 is 0 Å². The topological polar surface area (TPSA) is 30.5 Å². The Kier molecular flexibility index (Phi) is 5.12. The number of benzene rings is 1. The summed E-state index contributed by atoms with van der Waals surface area (Å²) in [6.07, 6.45) is 0.985. The van der Waals surface area contributed by atoms with Crippen LogP contribution >= 0.6 is 0 Å². The molecule has 0 aromatic heterocycles. The van der Waals surface area contributed by atoms with Crippen LogP contribution in [0.2, 0.25) is 0 Å². The van der Waals surface area contributed by atoms with E-state index in [9.17, 15) is 0 Å². The van der Waals surface area contributed by atoms with Gasteiger partial charge in [-0.25, -0.2) is 0 Å². The fraction of sp³-hybridized carbons (Fsp3) is 0.538. The van der Waals surface area contributed by atoms with Crippen molar-refractivity contribution in [3.05, 3.63) is 23.8 Å². The molecule has 90 valence electrons. The van der Waals surface area contributed by atoms with E-state index in [0.29, 0.717) is 6.61 Å². The monoisotopic (exact) mass is 223 g/mol. The maximum atomic E-state index is 5.36. The number of hydrogen-bond donors (Lipinski definition) is 1. The van der Waals surface area contributed by atoms with Gasteiger partial charge in [0.05, 0.1) is 19.4 Å². The minimum absolute atomic E-state index is 0.270. The van der Waals surface area contributed by atoms with Crippen molar-refractivity contribution in [1.82, 2.24) is 0 Å². The minimum atomic E-state index is 0.270. The van der Waals surface area contributed by atoms with E-state index in [-0.39, 0.29) is 6.04 Å². The predicted octanol–water partition coefficient (Wildman–Crippen LogP) is 2.70. The van der Waals surface area contributed by atoms with Gasteiger partial charge in [0.1, 0.15) is 5.75 Å². The highest BCUT2D eigenvalue weighted by Gasteiger charge is 2.10. The van der Waals surface area contributed by atoms with Gasteiger partial charge in [-0.2, -0.15) is 0 Å². The third kappa shape index (κ3) is 3.14. The maximum absolute atomic E-state index is 5.36. The Morgan fingerprint density at radius 1 is 1.31 bits per heavy atom. The minimum Gasteiger partial charge on any atom is -0.495 e. The zero-order valence-electron chi connectivity index (χ0n) is 10.5. The second kappa shape index (κ2) is 6.38. The number of nitrogens with one attached hydrogen (secondary N) is 1. The van der Waals surface area contributed by atoms with E-state index in [0.717, 1.165) is 17.9 Å². The number of para-hydroxylation sites is 1. The molecule has 0 aliphatic rings. The summed E-state index contributed by atoms with van der Waals surface area (Å²) in [6.45, 7) is 4.91.